The van der Waals surface area contributed by atoms with Crippen LogP contribution in [0, 0.1) is 5.92 Å². The molecule has 1 aromatic rings. The smallest absolute Gasteiger partial charge is 0.338 e. The topological polar surface area (TPSA) is 38.3 Å². The SMILES string of the molecule is CNc1ccc(C(=O)OCCC2CCC2)cc1. The molecule has 0 unspecified atom stereocenters. The van der Waals surface area contributed by atoms with Gasteiger partial charge >= 0.3 is 5.97 Å². The van der Waals surface area contributed by atoms with Crippen molar-refractivity contribution in [2.75, 3.05) is 19.0 Å². The van der Waals surface area contributed by atoms with Gasteiger partial charge in [-0.15, -0.1) is 0 Å². The molecule has 0 heterocycles. The van der Waals surface area contributed by atoms with Gasteiger partial charge in [0.25, 0.3) is 0 Å². The molecule has 0 atom stereocenters. The van der Waals surface area contributed by atoms with Crippen LogP contribution < -0.4 is 5.32 Å². The molecule has 0 bridgehead atoms. The highest BCUT2D eigenvalue weighted by molar-refractivity contribution is 5.89. The van der Waals surface area contributed by atoms with Gasteiger partial charge in [-0.05, 0) is 36.6 Å². The molecule has 1 aromatic carbocycles. The van der Waals surface area contributed by atoms with Crippen molar-refractivity contribution in [1.29, 1.82) is 0 Å². The van der Waals surface area contributed by atoms with Crippen LogP contribution in [0.4, 0.5) is 5.69 Å². The quantitative estimate of drug-likeness (QED) is 0.794. The number of anilines is 1. The summed E-state index contributed by atoms with van der Waals surface area (Å²) in [5, 5.41) is 3.01. The Morgan fingerprint density at radius 1 is 1.35 bits per heavy atom. The molecule has 1 N–H and O–H groups in total. The highest BCUT2D eigenvalue weighted by atomic mass is 16.5. The molecule has 1 fully saturated rings. The van der Waals surface area contributed by atoms with E-state index in [-0.39, 0.29) is 5.97 Å². The summed E-state index contributed by atoms with van der Waals surface area (Å²) in [7, 11) is 1.85. The van der Waals surface area contributed by atoms with Crippen molar-refractivity contribution in [2.24, 2.45) is 5.92 Å². The molecule has 0 aliphatic heterocycles. The number of rotatable bonds is 5. The predicted molar refractivity (Wildman–Crippen MR) is 68.2 cm³/mol. The average molecular weight is 233 g/mol. The molecule has 0 radical (unpaired) electrons. The second-order valence-corrected chi connectivity index (χ2v) is 4.55. The molecule has 0 saturated heterocycles. The Balaban J connectivity index is 1.77. The minimum absolute atomic E-state index is 0.216. The number of benzene rings is 1. The first-order valence-corrected chi connectivity index (χ1v) is 6.24. The van der Waals surface area contributed by atoms with E-state index in [2.05, 4.69) is 5.32 Å². The number of ether oxygens (including phenoxy) is 1. The number of carbonyl (C=O) groups excluding carboxylic acids is 1. The highest BCUT2D eigenvalue weighted by Gasteiger charge is 2.17. The average Bonchev–Trinajstić information content (AvgIpc) is 2.32. The van der Waals surface area contributed by atoms with Gasteiger partial charge in [-0.3, -0.25) is 0 Å². The lowest BCUT2D eigenvalue weighted by Gasteiger charge is -2.24. The minimum atomic E-state index is -0.216. The van der Waals surface area contributed by atoms with Gasteiger partial charge < -0.3 is 10.1 Å². The minimum Gasteiger partial charge on any atom is -0.462 e. The van der Waals surface area contributed by atoms with Crippen LogP contribution in [-0.4, -0.2) is 19.6 Å². The molecule has 3 heteroatoms. The predicted octanol–water partition coefficient (Wildman–Crippen LogP) is 3.08. The van der Waals surface area contributed by atoms with Gasteiger partial charge in [-0.25, -0.2) is 4.79 Å². The third-order valence-electron chi connectivity index (χ3n) is 3.39. The lowest BCUT2D eigenvalue weighted by molar-refractivity contribution is 0.0464. The summed E-state index contributed by atoms with van der Waals surface area (Å²) < 4.78 is 5.25. The van der Waals surface area contributed by atoms with E-state index < -0.39 is 0 Å². The lowest BCUT2D eigenvalue weighted by atomic mass is 9.83. The first-order chi connectivity index (χ1) is 8.29. The standard InChI is InChI=1S/C14H19NO2/c1-15-13-7-5-12(6-8-13)14(16)17-10-9-11-3-2-4-11/h5-8,11,15H,2-4,9-10H2,1H3. The molecule has 0 amide bonds. The fraction of sp³-hybridized carbons (Fsp3) is 0.500. The summed E-state index contributed by atoms with van der Waals surface area (Å²) in [5.41, 5.74) is 1.62. The van der Waals surface area contributed by atoms with E-state index in [1.807, 2.05) is 19.2 Å². The molecule has 0 aromatic heterocycles. The zero-order valence-electron chi connectivity index (χ0n) is 10.2. The van der Waals surface area contributed by atoms with Crippen molar-refractivity contribution >= 4 is 11.7 Å². The van der Waals surface area contributed by atoms with Gasteiger partial charge in [-0.1, -0.05) is 19.3 Å². The van der Waals surface area contributed by atoms with Crippen LogP contribution in [0.25, 0.3) is 0 Å². The molecular formula is C14H19NO2. The van der Waals surface area contributed by atoms with Crippen LogP contribution in [0.5, 0.6) is 0 Å². The summed E-state index contributed by atoms with van der Waals surface area (Å²) in [4.78, 5) is 11.7. The second kappa shape index (κ2) is 5.71. The fourth-order valence-electron chi connectivity index (χ4n) is 1.96. The zero-order valence-corrected chi connectivity index (χ0v) is 10.2. The van der Waals surface area contributed by atoms with Crippen molar-refractivity contribution in [2.45, 2.75) is 25.7 Å². The summed E-state index contributed by atoms with van der Waals surface area (Å²) >= 11 is 0. The maximum atomic E-state index is 11.7. The molecule has 2 rings (SSSR count). The molecule has 3 nitrogen and oxygen atoms in total. The van der Waals surface area contributed by atoms with Gasteiger partial charge in [0, 0.05) is 12.7 Å². The molecule has 17 heavy (non-hydrogen) atoms. The van der Waals surface area contributed by atoms with Crippen LogP contribution in [0.3, 0.4) is 0 Å². The fourth-order valence-corrected chi connectivity index (χ4v) is 1.96. The molecule has 0 spiro atoms. The van der Waals surface area contributed by atoms with E-state index in [4.69, 9.17) is 4.74 Å². The summed E-state index contributed by atoms with van der Waals surface area (Å²) in [6.45, 7) is 0.553. The summed E-state index contributed by atoms with van der Waals surface area (Å²) in [6, 6.07) is 7.33. The number of carbonyl (C=O) groups is 1. The summed E-state index contributed by atoms with van der Waals surface area (Å²) in [6.07, 6.45) is 4.95. The van der Waals surface area contributed by atoms with Crippen molar-refractivity contribution in [3.63, 3.8) is 0 Å². The van der Waals surface area contributed by atoms with Crippen LogP contribution in [0.2, 0.25) is 0 Å². The van der Waals surface area contributed by atoms with Crippen LogP contribution in [0.1, 0.15) is 36.0 Å². The molecule has 1 aliphatic carbocycles. The normalized spacial score (nSPS) is 15.1. The third kappa shape index (κ3) is 3.22. The number of nitrogens with one attached hydrogen (secondary N) is 1. The van der Waals surface area contributed by atoms with E-state index in [0.29, 0.717) is 12.2 Å². The first-order valence-electron chi connectivity index (χ1n) is 6.24. The Morgan fingerprint density at radius 2 is 2.06 bits per heavy atom. The lowest BCUT2D eigenvalue weighted by Crippen LogP contribution is -2.15. The number of esters is 1. The molecule has 92 valence electrons. The van der Waals surface area contributed by atoms with E-state index in [1.54, 1.807) is 12.1 Å². The summed E-state index contributed by atoms with van der Waals surface area (Å²) in [5.74, 6) is 0.571. The molecular weight excluding hydrogens is 214 g/mol. The van der Waals surface area contributed by atoms with E-state index in [0.717, 1.165) is 18.0 Å². The number of hydrogen-bond donors (Lipinski definition) is 1. The monoisotopic (exact) mass is 233 g/mol. The zero-order chi connectivity index (χ0) is 12.1. The van der Waals surface area contributed by atoms with Crippen LogP contribution in [-0.2, 0) is 4.74 Å². The highest BCUT2D eigenvalue weighted by Crippen LogP contribution is 2.29. The largest absolute Gasteiger partial charge is 0.462 e. The van der Waals surface area contributed by atoms with E-state index in [1.165, 1.54) is 19.3 Å². The van der Waals surface area contributed by atoms with Crippen molar-refractivity contribution in [3.8, 4) is 0 Å². The number of hydrogen-bond acceptors (Lipinski definition) is 3. The molecule has 1 aliphatic rings. The maximum Gasteiger partial charge on any atom is 0.338 e. The van der Waals surface area contributed by atoms with Gasteiger partial charge in [-0.2, -0.15) is 0 Å². The van der Waals surface area contributed by atoms with Gasteiger partial charge in [0.05, 0.1) is 12.2 Å². The Hall–Kier alpha value is -1.51. The van der Waals surface area contributed by atoms with Gasteiger partial charge in [0.1, 0.15) is 0 Å². The maximum absolute atomic E-state index is 11.7. The Bertz CT molecular complexity index is 368. The van der Waals surface area contributed by atoms with Gasteiger partial charge in [0.2, 0.25) is 0 Å². The van der Waals surface area contributed by atoms with Crippen molar-refractivity contribution < 1.29 is 9.53 Å². The Kier molecular flexibility index (Phi) is 4.02. The molecule has 1 saturated carbocycles. The Labute approximate surface area is 102 Å². The van der Waals surface area contributed by atoms with Gasteiger partial charge in [0.15, 0.2) is 0 Å². The van der Waals surface area contributed by atoms with Crippen molar-refractivity contribution in [3.05, 3.63) is 29.8 Å². The van der Waals surface area contributed by atoms with E-state index in [9.17, 15) is 4.79 Å². The van der Waals surface area contributed by atoms with Crippen LogP contribution >= 0.6 is 0 Å². The van der Waals surface area contributed by atoms with E-state index >= 15 is 0 Å². The Morgan fingerprint density at radius 3 is 2.59 bits per heavy atom. The van der Waals surface area contributed by atoms with Crippen molar-refractivity contribution in [1.82, 2.24) is 0 Å². The second-order valence-electron chi connectivity index (χ2n) is 4.55. The van der Waals surface area contributed by atoms with Crippen LogP contribution in [0.15, 0.2) is 24.3 Å². The third-order valence-corrected chi connectivity index (χ3v) is 3.39. The first kappa shape index (κ1) is 12.0.